The molecule has 1 unspecified atom stereocenters. The molecule has 0 amide bonds. The smallest absolute Gasteiger partial charge is 0.0218 e. The first-order valence-electron chi connectivity index (χ1n) is 4.83. The van der Waals surface area contributed by atoms with Gasteiger partial charge in [0.15, 0.2) is 0 Å². The highest BCUT2D eigenvalue weighted by Gasteiger charge is 2.31. The summed E-state index contributed by atoms with van der Waals surface area (Å²) in [6, 6.07) is 0.635. The molecular formula is C9H18N2. The van der Waals surface area contributed by atoms with Gasteiger partial charge in [-0.15, -0.1) is 0 Å². The van der Waals surface area contributed by atoms with Gasteiger partial charge in [0.1, 0.15) is 0 Å². The summed E-state index contributed by atoms with van der Waals surface area (Å²) < 4.78 is 0. The Kier molecular flexibility index (Phi) is 2.14. The molecule has 0 heterocycles. The first kappa shape index (κ1) is 7.56. The van der Waals surface area contributed by atoms with Crippen molar-refractivity contribution in [1.82, 2.24) is 5.32 Å². The lowest BCUT2D eigenvalue weighted by molar-refractivity contribution is 0.459. The second-order valence-corrected chi connectivity index (χ2v) is 4.03. The van der Waals surface area contributed by atoms with Gasteiger partial charge in [0, 0.05) is 12.6 Å². The van der Waals surface area contributed by atoms with E-state index < -0.39 is 0 Å². The molecule has 2 aliphatic rings. The van der Waals surface area contributed by atoms with Crippen molar-refractivity contribution in [1.29, 1.82) is 0 Å². The van der Waals surface area contributed by atoms with Crippen molar-refractivity contribution in [3.63, 3.8) is 0 Å². The van der Waals surface area contributed by atoms with Crippen LogP contribution < -0.4 is 11.1 Å². The molecule has 2 saturated carbocycles. The topological polar surface area (TPSA) is 38.0 Å². The minimum atomic E-state index is 0.635. The van der Waals surface area contributed by atoms with Gasteiger partial charge in [-0.05, 0) is 44.1 Å². The summed E-state index contributed by atoms with van der Waals surface area (Å²) in [5.74, 6) is 1.90. The lowest BCUT2D eigenvalue weighted by atomic mass is 10.2. The second kappa shape index (κ2) is 3.11. The minimum Gasteiger partial charge on any atom is -0.329 e. The van der Waals surface area contributed by atoms with Crippen LogP contribution in [0.2, 0.25) is 0 Å². The molecule has 0 saturated heterocycles. The Morgan fingerprint density at radius 1 is 1.27 bits per heavy atom. The van der Waals surface area contributed by atoms with E-state index in [0.717, 1.165) is 18.4 Å². The Hall–Kier alpha value is -0.0800. The van der Waals surface area contributed by atoms with E-state index in [0.29, 0.717) is 6.04 Å². The zero-order chi connectivity index (χ0) is 7.68. The highest BCUT2D eigenvalue weighted by molar-refractivity contribution is 4.88. The van der Waals surface area contributed by atoms with E-state index in [1.54, 1.807) is 0 Å². The van der Waals surface area contributed by atoms with Gasteiger partial charge in [-0.1, -0.05) is 0 Å². The zero-order valence-corrected chi connectivity index (χ0v) is 7.05. The van der Waals surface area contributed by atoms with Crippen LogP contribution in [0.5, 0.6) is 0 Å². The van der Waals surface area contributed by atoms with E-state index in [4.69, 9.17) is 5.73 Å². The van der Waals surface area contributed by atoms with E-state index in [2.05, 4.69) is 5.32 Å². The van der Waals surface area contributed by atoms with Crippen LogP contribution in [0.25, 0.3) is 0 Å². The molecular weight excluding hydrogens is 136 g/mol. The van der Waals surface area contributed by atoms with Crippen LogP contribution in [0.4, 0.5) is 0 Å². The van der Waals surface area contributed by atoms with Gasteiger partial charge in [0.25, 0.3) is 0 Å². The quantitative estimate of drug-likeness (QED) is 0.612. The lowest BCUT2D eigenvalue weighted by Gasteiger charge is -2.15. The normalized spacial score (nSPS) is 27.0. The van der Waals surface area contributed by atoms with Crippen molar-refractivity contribution >= 4 is 0 Å². The molecule has 0 radical (unpaired) electrons. The van der Waals surface area contributed by atoms with Crippen LogP contribution in [0.1, 0.15) is 25.7 Å². The monoisotopic (exact) mass is 154 g/mol. The summed E-state index contributed by atoms with van der Waals surface area (Å²) in [6.45, 7) is 2.05. The van der Waals surface area contributed by atoms with Crippen molar-refractivity contribution in [3.8, 4) is 0 Å². The molecule has 0 spiro atoms. The molecule has 0 aromatic carbocycles. The molecule has 2 aliphatic carbocycles. The van der Waals surface area contributed by atoms with Crippen LogP contribution in [0.15, 0.2) is 0 Å². The number of rotatable bonds is 5. The highest BCUT2D eigenvalue weighted by Crippen LogP contribution is 2.33. The van der Waals surface area contributed by atoms with Gasteiger partial charge >= 0.3 is 0 Å². The predicted molar refractivity (Wildman–Crippen MR) is 46.3 cm³/mol. The molecule has 11 heavy (non-hydrogen) atoms. The fourth-order valence-electron chi connectivity index (χ4n) is 1.58. The number of hydrogen-bond acceptors (Lipinski definition) is 2. The van der Waals surface area contributed by atoms with Gasteiger partial charge in [0.2, 0.25) is 0 Å². The summed E-state index contributed by atoms with van der Waals surface area (Å²) in [7, 11) is 0. The highest BCUT2D eigenvalue weighted by atomic mass is 15.0. The molecule has 0 aromatic rings. The van der Waals surface area contributed by atoms with E-state index in [-0.39, 0.29) is 0 Å². The maximum atomic E-state index is 5.66. The Morgan fingerprint density at radius 3 is 2.45 bits per heavy atom. The van der Waals surface area contributed by atoms with Crippen LogP contribution in [-0.2, 0) is 0 Å². The molecule has 3 N–H and O–H groups in total. The van der Waals surface area contributed by atoms with E-state index in [1.807, 2.05) is 0 Å². The van der Waals surface area contributed by atoms with Crippen molar-refractivity contribution in [2.75, 3.05) is 13.1 Å². The van der Waals surface area contributed by atoms with E-state index >= 15 is 0 Å². The Morgan fingerprint density at radius 2 is 2.00 bits per heavy atom. The van der Waals surface area contributed by atoms with Crippen molar-refractivity contribution in [2.45, 2.75) is 31.7 Å². The summed E-state index contributed by atoms with van der Waals surface area (Å²) in [6.07, 6.45) is 5.68. The fourth-order valence-corrected chi connectivity index (χ4v) is 1.58. The standard InChI is InChI=1S/C9H18N2/c10-5-9(8-3-4-8)11-6-7-1-2-7/h7-9,11H,1-6,10H2. The molecule has 2 nitrogen and oxygen atoms in total. The maximum Gasteiger partial charge on any atom is 0.0218 e. The van der Waals surface area contributed by atoms with Crippen LogP contribution >= 0.6 is 0 Å². The first-order chi connectivity index (χ1) is 5.40. The van der Waals surface area contributed by atoms with Crippen molar-refractivity contribution < 1.29 is 0 Å². The van der Waals surface area contributed by atoms with Gasteiger partial charge in [-0.25, -0.2) is 0 Å². The molecule has 0 aliphatic heterocycles. The summed E-state index contributed by atoms with van der Waals surface area (Å²) in [4.78, 5) is 0. The number of nitrogens with two attached hydrogens (primary N) is 1. The summed E-state index contributed by atoms with van der Waals surface area (Å²) >= 11 is 0. The number of hydrogen-bond donors (Lipinski definition) is 2. The Labute approximate surface area is 68.5 Å². The lowest BCUT2D eigenvalue weighted by Crippen LogP contribution is -2.38. The zero-order valence-electron chi connectivity index (χ0n) is 7.05. The molecule has 1 atom stereocenters. The summed E-state index contributed by atoms with van der Waals surface area (Å²) in [5.41, 5.74) is 5.66. The van der Waals surface area contributed by atoms with E-state index in [1.165, 1.54) is 32.2 Å². The van der Waals surface area contributed by atoms with Gasteiger partial charge in [-0.2, -0.15) is 0 Å². The third kappa shape index (κ3) is 2.17. The van der Waals surface area contributed by atoms with Crippen molar-refractivity contribution in [3.05, 3.63) is 0 Å². The molecule has 0 bridgehead atoms. The van der Waals surface area contributed by atoms with Crippen LogP contribution in [-0.4, -0.2) is 19.1 Å². The molecule has 0 aromatic heterocycles. The number of nitrogens with one attached hydrogen (secondary N) is 1. The average Bonchev–Trinajstić information content (AvgIpc) is 2.85. The maximum absolute atomic E-state index is 5.66. The minimum absolute atomic E-state index is 0.635. The SMILES string of the molecule is NCC(NCC1CC1)C1CC1. The third-order valence-electron chi connectivity index (χ3n) is 2.81. The van der Waals surface area contributed by atoms with Crippen molar-refractivity contribution in [2.24, 2.45) is 17.6 Å². The van der Waals surface area contributed by atoms with Gasteiger partial charge in [-0.3, -0.25) is 0 Å². The predicted octanol–water partition coefficient (Wildman–Crippen LogP) is 0.723. The first-order valence-corrected chi connectivity index (χ1v) is 4.83. The summed E-state index contributed by atoms with van der Waals surface area (Å²) in [5, 5.41) is 3.57. The van der Waals surface area contributed by atoms with E-state index in [9.17, 15) is 0 Å². The second-order valence-electron chi connectivity index (χ2n) is 4.03. The molecule has 2 rings (SSSR count). The molecule has 2 heteroatoms. The van der Waals surface area contributed by atoms with Gasteiger partial charge in [0.05, 0.1) is 0 Å². The fraction of sp³-hybridized carbons (Fsp3) is 1.00. The van der Waals surface area contributed by atoms with Crippen LogP contribution in [0, 0.1) is 11.8 Å². The average molecular weight is 154 g/mol. The Bertz CT molecular complexity index is 128. The van der Waals surface area contributed by atoms with Crippen LogP contribution in [0.3, 0.4) is 0 Å². The largest absolute Gasteiger partial charge is 0.329 e. The van der Waals surface area contributed by atoms with Gasteiger partial charge < -0.3 is 11.1 Å². The third-order valence-corrected chi connectivity index (χ3v) is 2.81. The Balaban J connectivity index is 1.63. The molecule has 2 fully saturated rings. The molecule has 64 valence electrons.